The van der Waals surface area contributed by atoms with Crippen LogP contribution in [0.3, 0.4) is 0 Å². The predicted molar refractivity (Wildman–Crippen MR) is 155 cm³/mol. The van der Waals surface area contributed by atoms with E-state index in [-0.39, 0.29) is 19.4 Å². The van der Waals surface area contributed by atoms with Gasteiger partial charge in [-0.25, -0.2) is 9.18 Å². The number of ketones is 1. The molecular weight excluding hydrogens is 543 g/mol. The van der Waals surface area contributed by atoms with Crippen molar-refractivity contribution in [1.29, 1.82) is 0 Å². The van der Waals surface area contributed by atoms with Gasteiger partial charge in [-0.15, -0.1) is 0 Å². The largest absolute Gasteiger partial charge is 0.447 e. The number of benzene rings is 1. The van der Waals surface area contributed by atoms with Crippen molar-refractivity contribution in [3.05, 3.63) is 35.9 Å². The second-order valence-electron chi connectivity index (χ2n) is 12.7. The van der Waals surface area contributed by atoms with E-state index in [9.17, 15) is 28.4 Å². The number of alkyl carbamates (subject to hydrolysis) is 1. The zero-order valence-corrected chi connectivity index (χ0v) is 25.6. The molecule has 2 aliphatic rings. The lowest BCUT2D eigenvalue weighted by atomic mass is 9.85. The minimum Gasteiger partial charge on any atom is -0.447 e. The van der Waals surface area contributed by atoms with Crippen LogP contribution in [0.4, 0.5) is 9.18 Å². The van der Waals surface area contributed by atoms with Crippen LogP contribution in [0.2, 0.25) is 0 Å². The molecule has 0 aromatic heterocycles. The molecule has 1 saturated heterocycles. The van der Waals surface area contributed by atoms with Gasteiger partial charge < -0.3 is 25.6 Å². The Morgan fingerprint density at radius 2 is 1.62 bits per heavy atom. The fourth-order valence-electron chi connectivity index (χ4n) is 5.87. The van der Waals surface area contributed by atoms with Crippen LogP contribution in [0.1, 0.15) is 79.3 Å². The number of alkyl halides is 1. The minimum atomic E-state index is -1.18. The zero-order valence-electron chi connectivity index (χ0n) is 25.6. The number of fused-ring (bicyclic) bond motifs is 1. The number of halogens is 1. The molecule has 42 heavy (non-hydrogen) atoms. The standard InChI is InChI=1S/C31H45FN4O6/c1-8-23(25(37)28(39)33-18(4)19-12-10-9-11-13-19)34-27(38)24-20-14-15-22(32)21(20)16-36(24)29(40)26(31(5,6)7)35-30(41)42-17(2)3/h9-13,17-18,20-24,26H,8,14-16H2,1-7H3,(H,33,39)(H,34,38)(H,35,41)/t18-,20-,21-,22-,23?,24-,26+/m0/s1. The van der Waals surface area contributed by atoms with E-state index in [1.54, 1.807) is 48.5 Å². The van der Waals surface area contributed by atoms with Crippen LogP contribution in [0, 0.1) is 17.3 Å². The van der Waals surface area contributed by atoms with Crippen molar-refractivity contribution in [2.45, 2.75) is 104 Å². The van der Waals surface area contributed by atoms with Crippen LogP contribution in [-0.4, -0.2) is 71.4 Å². The lowest BCUT2D eigenvalue weighted by molar-refractivity contribution is -0.144. The van der Waals surface area contributed by atoms with Gasteiger partial charge in [-0.05, 0) is 56.9 Å². The number of hydrogen-bond acceptors (Lipinski definition) is 6. The zero-order chi connectivity index (χ0) is 31.4. The summed E-state index contributed by atoms with van der Waals surface area (Å²) < 4.78 is 20.1. The van der Waals surface area contributed by atoms with Gasteiger partial charge in [0.25, 0.3) is 5.91 Å². The molecule has 1 heterocycles. The average Bonchev–Trinajstić information content (AvgIpc) is 3.48. The number of nitrogens with zero attached hydrogens (tertiary/aromatic N) is 1. The van der Waals surface area contributed by atoms with Crippen molar-refractivity contribution in [2.75, 3.05) is 6.54 Å². The number of carbonyl (C=O) groups excluding carboxylic acids is 5. The Kier molecular flexibility index (Phi) is 10.7. The number of likely N-dealkylation sites (tertiary alicyclic amines) is 1. The average molecular weight is 589 g/mol. The molecular formula is C31H45FN4O6. The van der Waals surface area contributed by atoms with Crippen LogP contribution >= 0.6 is 0 Å². The highest BCUT2D eigenvalue weighted by molar-refractivity contribution is 6.38. The number of nitrogens with one attached hydrogen (secondary N) is 3. The fraction of sp³-hybridized carbons (Fsp3) is 0.645. The third-order valence-corrected chi connectivity index (χ3v) is 8.12. The first kappa shape index (κ1) is 33.0. The van der Waals surface area contributed by atoms with Crippen molar-refractivity contribution < 1.29 is 33.1 Å². The summed E-state index contributed by atoms with van der Waals surface area (Å²) in [5, 5.41) is 8.00. The van der Waals surface area contributed by atoms with Crippen molar-refractivity contribution in [3.63, 3.8) is 0 Å². The fourth-order valence-corrected chi connectivity index (χ4v) is 5.87. The molecule has 3 N–H and O–H groups in total. The van der Waals surface area contributed by atoms with E-state index >= 15 is 0 Å². The summed E-state index contributed by atoms with van der Waals surface area (Å²) in [6, 6.07) is 5.51. The van der Waals surface area contributed by atoms with Crippen molar-refractivity contribution in [1.82, 2.24) is 20.9 Å². The Morgan fingerprint density at radius 1 is 0.976 bits per heavy atom. The second-order valence-corrected chi connectivity index (χ2v) is 12.7. The summed E-state index contributed by atoms with van der Waals surface area (Å²) in [6.45, 7) is 12.1. The molecule has 1 aromatic rings. The molecule has 1 saturated carbocycles. The van der Waals surface area contributed by atoms with Gasteiger partial charge in [0.05, 0.1) is 18.2 Å². The van der Waals surface area contributed by atoms with E-state index in [2.05, 4.69) is 16.0 Å². The molecule has 0 radical (unpaired) electrons. The van der Waals surface area contributed by atoms with Gasteiger partial charge in [-0.3, -0.25) is 19.2 Å². The van der Waals surface area contributed by atoms with E-state index in [4.69, 9.17) is 4.74 Å². The van der Waals surface area contributed by atoms with Gasteiger partial charge in [-0.1, -0.05) is 58.0 Å². The quantitative estimate of drug-likeness (QED) is 0.359. The van der Waals surface area contributed by atoms with Gasteiger partial charge in [0.1, 0.15) is 18.3 Å². The Hall–Kier alpha value is -3.50. The van der Waals surface area contributed by atoms with E-state index in [1.807, 2.05) is 30.3 Å². The highest BCUT2D eigenvalue weighted by Gasteiger charge is 2.55. The number of Topliss-reactive ketones (excluding diaryl/α,β-unsaturated/α-hetero) is 1. The van der Waals surface area contributed by atoms with E-state index < -0.39 is 83.3 Å². The summed E-state index contributed by atoms with van der Waals surface area (Å²) in [6.07, 6.45) is -1.53. The van der Waals surface area contributed by atoms with Crippen LogP contribution in [0.15, 0.2) is 30.3 Å². The summed E-state index contributed by atoms with van der Waals surface area (Å²) in [4.78, 5) is 67.4. The van der Waals surface area contributed by atoms with Gasteiger partial charge in [0.15, 0.2) is 0 Å². The third kappa shape index (κ3) is 7.66. The van der Waals surface area contributed by atoms with E-state index in [0.29, 0.717) is 6.42 Å². The molecule has 4 amide bonds. The predicted octanol–water partition coefficient (Wildman–Crippen LogP) is 3.45. The normalized spacial score (nSPS) is 23.9. The highest BCUT2D eigenvalue weighted by Crippen LogP contribution is 2.44. The lowest BCUT2D eigenvalue weighted by Crippen LogP contribution is -2.60. The first-order chi connectivity index (χ1) is 19.6. The topological polar surface area (TPSA) is 134 Å². The van der Waals surface area contributed by atoms with Gasteiger partial charge >= 0.3 is 6.09 Å². The van der Waals surface area contributed by atoms with Crippen molar-refractivity contribution in [3.8, 4) is 0 Å². The van der Waals surface area contributed by atoms with Crippen LogP contribution < -0.4 is 16.0 Å². The molecule has 232 valence electrons. The number of hydrogen-bond donors (Lipinski definition) is 3. The Morgan fingerprint density at radius 3 is 2.19 bits per heavy atom. The maximum absolute atomic E-state index is 14.9. The maximum Gasteiger partial charge on any atom is 0.408 e. The number of ether oxygens (including phenoxy) is 1. The Bertz CT molecular complexity index is 1150. The Balaban J connectivity index is 1.80. The summed E-state index contributed by atoms with van der Waals surface area (Å²) >= 11 is 0. The molecule has 1 aliphatic heterocycles. The van der Waals surface area contributed by atoms with Gasteiger partial charge in [-0.2, -0.15) is 0 Å². The molecule has 1 aliphatic carbocycles. The first-order valence-electron chi connectivity index (χ1n) is 14.8. The smallest absolute Gasteiger partial charge is 0.408 e. The second kappa shape index (κ2) is 13.6. The molecule has 1 unspecified atom stereocenters. The van der Waals surface area contributed by atoms with Gasteiger partial charge in [0.2, 0.25) is 17.6 Å². The van der Waals surface area contributed by atoms with Crippen molar-refractivity contribution >= 4 is 29.6 Å². The summed E-state index contributed by atoms with van der Waals surface area (Å²) in [7, 11) is 0. The van der Waals surface area contributed by atoms with E-state index in [1.165, 1.54) is 4.90 Å². The number of amides is 4. The van der Waals surface area contributed by atoms with Gasteiger partial charge in [0, 0.05) is 12.5 Å². The molecule has 0 bridgehead atoms. The SMILES string of the molecule is CCC(NC(=O)[C@@H]1[C@H]2CC[C@H](F)[C@H]2CN1C(=O)[C@@H](NC(=O)OC(C)C)C(C)(C)C)C(=O)C(=O)N[C@@H](C)c1ccccc1. The monoisotopic (exact) mass is 588 g/mol. The number of carbonyl (C=O) groups is 5. The number of rotatable bonds is 10. The third-order valence-electron chi connectivity index (χ3n) is 8.12. The lowest BCUT2D eigenvalue weighted by Gasteiger charge is -2.36. The first-order valence-corrected chi connectivity index (χ1v) is 14.8. The molecule has 7 atom stereocenters. The van der Waals surface area contributed by atoms with Crippen molar-refractivity contribution in [2.24, 2.45) is 17.3 Å². The van der Waals surface area contributed by atoms with E-state index in [0.717, 1.165) is 5.56 Å². The molecule has 1 aromatic carbocycles. The van der Waals surface area contributed by atoms with Crippen LogP contribution in [0.25, 0.3) is 0 Å². The molecule has 3 rings (SSSR count). The highest BCUT2D eigenvalue weighted by atomic mass is 19.1. The molecule has 10 nitrogen and oxygen atoms in total. The molecule has 0 spiro atoms. The Labute approximate surface area is 247 Å². The molecule has 2 fully saturated rings. The summed E-state index contributed by atoms with van der Waals surface area (Å²) in [5.41, 5.74) is 0.0688. The molecule has 11 heteroatoms. The maximum atomic E-state index is 14.9. The van der Waals surface area contributed by atoms with Crippen LogP contribution in [0.5, 0.6) is 0 Å². The minimum absolute atomic E-state index is 0.00998. The van der Waals surface area contributed by atoms with Crippen LogP contribution in [-0.2, 0) is 23.9 Å². The summed E-state index contributed by atoms with van der Waals surface area (Å²) in [5.74, 6) is -3.78.